The molecule has 2 aromatic rings. The van der Waals surface area contributed by atoms with Crippen molar-refractivity contribution in [1.82, 2.24) is 5.43 Å². The molecule has 0 radical (unpaired) electrons. The zero-order chi connectivity index (χ0) is 16.1. The van der Waals surface area contributed by atoms with Crippen LogP contribution in [0.15, 0.2) is 36.4 Å². The standard InChI is InChI=1S/C18H26N4/c1-12(2)21-17-5-6-18(14(4)9-17)22-20-11-15-7-13(3)8-16(19)10-15/h5-10,12,20-22H,11,19H2,1-4H3. The van der Waals surface area contributed by atoms with Crippen LogP contribution in [-0.2, 0) is 6.54 Å². The number of hydrogen-bond donors (Lipinski definition) is 4. The molecule has 0 aliphatic carbocycles. The molecule has 0 bridgehead atoms. The average Bonchev–Trinajstić information content (AvgIpc) is 2.39. The summed E-state index contributed by atoms with van der Waals surface area (Å²) in [5, 5.41) is 3.41. The number of nitrogens with one attached hydrogen (secondary N) is 3. The second-order valence-corrected chi connectivity index (χ2v) is 6.06. The van der Waals surface area contributed by atoms with Crippen molar-refractivity contribution in [3.63, 3.8) is 0 Å². The largest absolute Gasteiger partial charge is 0.399 e. The molecule has 2 aromatic carbocycles. The van der Waals surface area contributed by atoms with Gasteiger partial charge in [0, 0.05) is 24.0 Å². The molecule has 118 valence electrons. The van der Waals surface area contributed by atoms with Crippen LogP contribution in [0.25, 0.3) is 0 Å². The molecule has 2 rings (SSSR count). The minimum absolute atomic E-state index is 0.433. The van der Waals surface area contributed by atoms with E-state index in [2.05, 4.69) is 68.1 Å². The van der Waals surface area contributed by atoms with Crippen LogP contribution < -0.4 is 21.9 Å². The van der Waals surface area contributed by atoms with E-state index < -0.39 is 0 Å². The zero-order valence-electron chi connectivity index (χ0n) is 13.8. The van der Waals surface area contributed by atoms with Gasteiger partial charge in [-0.25, -0.2) is 5.43 Å². The third-order valence-corrected chi connectivity index (χ3v) is 3.36. The molecule has 0 unspecified atom stereocenters. The minimum atomic E-state index is 0.433. The lowest BCUT2D eigenvalue weighted by Gasteiger charge is -2.15. The Hall–Kier alpha value is -2.20. The number of anilines is 3. The first-order valence-electron chi connectivity index (χ1n) is 7.66. The van der Waals surface area contributed by atoms with E-state index in [9.17, 15) is 0 Å². The summed E-state index contributed by atoms with van der Waals surface area (Å²) in [7, 11) is 0. The van der Waals surface area contributed by atoms with E-state index in [4.69, 9.17) is 5.73 Å². The van der Waals surface area contributed by atoms with Gasteiger partial charge in [-0.3, -0.25) is 0 Å². The maximum Gasteiger partial charge on any atom is 0.0518 e. The number of aryl methyl sites for hydroxylation is 2. The van der Waals surface area contributed by atoms with E-state index in [1.54, 1.807) is 0 Å². The van der Waals surface area contributed by atoms with E-state index >= 15 is 0 Å². The van der Waals surface area contributed by atoms with Gasteiger partial charge in [0.15, 0.2) is 0 Å². The summed E-state index contributed by atoms with van der Waals surface area (Å²) in [5.41, 5.74) is 18.9. The predicted octanol–water partition coefficient (Wildman–Crippen LogP) is 3.82. The zero-order valence-corrected chi connectivity index (χ0v) is 13.8. The molecule has 0 amide bonds. The van der Waals surface area contributed by atoms with E-state index in [1.165, 1.54) is 16.7 Å². The van der Waals surface area contributed by atoms with Crippen LogP contribution in [0.4, 0.5) is 17.1 Å². The highest BCUT2D eigenvalue weighted by molar-refractivity contribution is 5.59. The summed E-state index contributed by atoms with van der Waals surface area (Å²) in [6, 6.07) is 12.8. The molecular formula is C18H26N4. The van der Waals surface area contributed by atoms with Crippen LogP contribution in [0.5, 0.6) is 0 Å². The normalized spacial score (nSPS) is 10.8. The minimum Gasteiger partial charge on any atom is -0.399 e. The lowest BCUT2D eigenvalue weighted by atomic mass is 10.1. The van der Waals surface area contributed by atoms with Crippen LogP contribution in [0.2, 0.25) is 0 Å². The number of rotatable bonds is 6. The van der Waals surface area contributed by atoms with Gasteiger partial charge in [-0.15, -0.1) is 0 Å². The Kier molecular flexibility index (Phi) is 5.28. The smallest absolute Gasteiger partial charge is 0.0518 e. The third-order valence-electron chi connectivity index (χ3n) is 3.36. The summed E-state index contributed by atoms with van der Waals surface area (Å²) >= 11 is 0. The monoisotopic (exact) mass is 298 g/mol. The van der Waals surface area contributed by atoms with Gasteiger partial charge in [-0.05, 0) is 74.7 Å². The number of hydrogen-bond acceptors (Lipinski definition) is 4. The predicted molar refractivity (Wildman–Crippen MR) is 96.0 cm³/mol. The molecule has 0 spiro atoms. The highest BCUT2D eigenvalue weighted by Gasteiger charge is 2.01. The molecule has 0 atom stereocenters. The SMILES string of the molecule is Cc1cc(N)cc(CNNc2ccc(NC(C)C)cc2C)c1. The van der Waals surface area contributed by atoms with E-state index in [1.807, 2.05) is 12.1 Å². The first-order chi connectivity index (χ1) is 10.4. The molecule has 0 heterocycles. The van der Waals surface area contributed by atoms with E-state index in [0.29, 0.717) is 6.04 Å². The third kappa shape index (κ3) is 4.67. The lowest BCUT2D eigenvalue weighted by Crippen LogP contribution is -2.21. The molecule has 0 saturated carbocycles. The molecule has 0 aromatic heterocycles. The number of nitrogens with two attached hydrogens (primary N) is 1. The molecular weight excluding hydrogens is 272 g/mol. The molecule has 0 fully saturated rings. The first-order valence-corrected chi connectivity index (χ1v) is 7.66. The van der Waals surface area contributed by atoms with Crippen molar-refractivity contribution >= 4 is 17.1 Å². The van der Waals surface area contributed by atoms with Gasteiger partial charge in [0.1, 0.15) is 0 Å². The lowest BCUT2D eigenvalue weighted by molar-refractivity contribution is 0.799. The van der Waals surface area contributed by atoms with Crippen molar-refractivity contribution in [2.24, 2.45) is 0 Å². The molecule has 22 heavy (non-hydrogen) atoms. The Labute approximate surface area is 133 Å². The number of benzene rings is 2. The van der Waals surface area contributed by atoms with Gasteiger partial charge in [-0.1, -0.05) is 6.07 Å². The van der Waals surface area contributed by atoms with Gasteiger partial charge >= 0.3 is 0 Å². The van der Waals surface area contributed by atoms with Crippen molar-refractivity contribution in [3.05, 3.63) is 53.1 Å². The first kappa shape index (κ1) is 16.2. The van der Waals surface area contributed by atoms with E-state index in [-0.39, 0.29) is 0 Å². The second kappa shape index (κ2) is 7.18. The van der Waals surface area contributed by atoms with Gasteiger partial charge < -0.3 is 16.5 Å². The van der Waals surface area contributed by atoms with Crippen LogP contribution in [-0.4, -0.2) is 6.04 Å². The highest BCUT2D eigenvalue weighted by Crippen LogP contribution is 2.19. The van der Waals surface area contributed by atoms with Crippen molar-refractivity contribution in [2.75, 3.05) is 16.5 Å². The number of nitrogen functional groups attached to an aromatic ring is 1. The summed E-state index contributed by atoms with van der Waals surface area (Å²) in [4.78, 5) is 0. The van der Waals surface area contributed by atoms with Crippen molar-refractivity contribution in [2.45, 2.75) is 40.3 Å². The van der Waals surface area contributed by atoms with Crippen molar-refractivity contribution in [3.8, 4) is 0 Å². The van der Waals surface area contributed by atoms with Crippen LogP contribution >= 0.6 is 0 Å². The van der Waals surface area contributed by atoms with Gasteiger partial charge in [0.25, 0.3) is 0 Å². The summed E-state index contributed by atoms with van der Waals surface area (Å²) in [6.45, 7) is 9.14. The van der Waals surface area contributed by atoms with E-state index in [0.717, 1.165) is 23.6 Å². The van der Waals surface area contributed by atoms with Crippen LogP contribution in [0.3, 0.4) is 0 Å². The maximum atomic E-state index is 5.87. The van der Waals surface area contributed by atoms with Gasteiger partial charge in [-0.2, -0.15) is 0 Å². The summed E-state index contributed by atoms with van der Waals surface area (Å²) in [6.07, 6.45) is 0. The number of hydrazine groups is 1. The molecule has 5 N–H and O–H groups in total. The maximum absolute atomic E-state index is 5.87. The van der Waals surface area contributed by atoms with Gasteiger partial charge in [0.05, 0.1) is 5.69 Å². The van der Waals surface area contributed by atoms with Crippen LogP contribution in [0.1, 0.15) is 30.5 Å². The Morgan fingerprint density at radius 2 is 1.82 bits per heavy atom. The quantitative estimate of drug-likeness (QED) is 0.483. The average molecular weight is 298 g/mol. The molecule has 0 saturated heterocycles. The molecule has 4 nitrogen and oxygen atoms in total. The highest BCUT2D eigenvalue weighted by atomic mass is 15.3. The Bertz CT molecular complexity index is 615. The molecule has 0 aliphatic rings. The summed E-state index contributed by atoms with van der Waals surface area (Å²) < 4.78 is 0. The van der Waals surface area contributed by atoms with Gasteiger partial charge in [0.2, 0.25) is 0 Å². The molecule has 0 aliphatic heterocycles. The fraction of sp³-hybridized carbons (Fsp3) is 0.333. The fourth-order valence-corrected chi connectivity index (χ4v) is 2.46. The van der Waals surface area contributed by atoms with Crippen molar-refractivity contribution < 1.29 is 0 Å². The summed E-state index contributed by atoms with van der Waals surface area (Å²) in [5.74, 6) is 0. The topological polar surface area (TPSA) is 62.1 Å². The Morgan fingerprint density at radius 1 is 1.05 bits per heavy atom. The second-order valence-electron chi connectivity index (χ2n) is 6.06. The fourth-order valence-electron chi connectivity index (χ4n) is 2.46. The van der Waals surface area contributed by atoms with Crippen LogP contribution in [0, 0.1) is 13.8 Å². The Balaban J connectivity index is 1.94. The van der Waals surface area contributed by atoms with Crippen molar-refractivity contribution in [1.29, 1.82) is 0 Å². The Morgan fingerprint density at radius 3 is 2.45 bits per heavy atom. The molecule has 4 heteroatoms.